The van der Waals surface area contributed by atoms with E-state index in [2.05, 4.69) is 42.5 Å². The van der Waals surface area contributed by atoms with Crippen molar-refractivity contribution in [1.29, 1.82) is 0 Å². The molecular formula is C17H24F3N9. The molecule has 0 bridgehead atoms. The number of hydrogen-bond acceptors (Lipinski definition) is 7. The number of hydrazone groups is 1. The molecule has 0 saturated carbocycles. The topological polar surface area (TPSA) is 95.6 Å². The minimum absolute atomic E-state index is 0.00633. The highest BCUT2D eigenvalue weighted by Gasteiger charge is 2.35. The van der Waals surface area contributed by atoms with Crippen molar-refractivity contribution in [2.45, 2.75) is 32.5 Å². The predicted octanol–water partition coefficient (Wildman–Crippen LogP) is 3.10. The lowest BCUT2D eigenvalue weighted by Crippen LogP contribution is -2.36. The van der Waals surface area contributed by atoms with Crippen LogP contribution in [0.15, 0.2) is 22.5 Å². The number of aryl methyl sites for hydroxylation is 1. The molecule has 2 N–H and O–H groups in total. The van der Waals surface area contributed by atoms with Gasteiger partial charge in [0.15, 0.2) is 5.84 Å². The molecule has 2 heterocycles. The van der Waals surface area contributed by atoms with Crippen LogP contribution in [0, 0.1) is 6.92 Å². The van der Waals surface area contributed by atoms with Gasteiger partial charge < -0.3 is 15.6 Å². The van der Waals surface area contributed by atoms with Crippen molar-refractivity contribution in [3.63, 3.8) is 0 Å². The maximum atomic E-state index is 13.0. The lowest BCUT2D eigenvalue weighted by atomic mass is 10.1. The molecular weight excluding hydrogens is 387 g/mol. The van der Waals surface area contributed by atoms with Crippen LogP contribution in [0.5, 0.6) is 0 Å². The second kappa shape index (κ2) is 8.05. The van der Waals surface area contributed by atoms with E-state index in [1.54, 1.807) is 36.9 Å². The molecule has 2 rings (SSSR count). The average molecular weight is 411 g/mol. The molecule has 2 aromatic heterocycles. The molecule has 2 aromatic rings. The summed E-state index contributed by atoms with van der Waals surface area (Å²) in [6.45, 7) is 9.06. The van der Waals surface area contributed by atoms with E-state index >= 15 is 0 Å². The highest BCUT2D eigenvalue weighted by Crippen LogP contribution is 2.34. The standard InChI is InChI=1S/C17H24F3N9/c1-10-12(9-29(26-10)16(2,3)14(22-5)27-28(6)7)24-15-23-8-11(17(18,19)20)13(21-4)25-15/h8-9H,5H2,1-4,6-7H3,(H2,21,23,24,25)/b27-14-. The Balaban J connectivity index is 2.38. The number of amidine groups is 1. The molecule has 0 fully saturated rings. The third kappa shape index (κ3) is 4.81. The third-order valence-electron chi connectivity index (χ3n) is 4.04. The monoisotopic (exact) mass is 411 g/mol. The van der Waals surface area contributed by atoms with E-state index in [1.807, 2.05) is 13.8 Å². The van der Waals surface area contributed by atoms with Crippen LogP contribution in [-0.4, -0.2) is 58.5 Å². The number of halogens is 3. The molecule has 0 atom stereocenters. The summed E-state index contributed by atoms with van der Waals surface area (Å²) in [5, 5.41) is 15.7. The molecule has 0 amide bonds. The summed E-state index contributed by atoms with van der Waals surface area (Å²) in [6, 6.07) is 0. The lowest BCUT2D eigenvalue weighted by molar-refractivity contribution is -0.137. The number of aliphatic imine (C=N–C) groups is 1. The Morgan fingerprint density at radius 1 is 1.28 bits per heavy atom. The van der Waals surface area contributed by atoms with E-state index in [4.69, 9.17) is 0 Å². The van der Waals surface area contributed by atoms with Gasteiger partial charge in [-0.25, -0.2) is 9.98 Å². The van der Waals surface area contributed by atoms with Gasteiger partial charge in [-0.05, 0) is 27.5 Å². The maximum Gasteiger partial charge on any atom is 0.421 e. The minimum Gasteiger partial charge on any atom is -0.372 e. The fourth-order valence-electron chi connectivity index (χ4n) is 2.47. The smallest absolute Gasteiger partial charge is 0.372 e. The van der Waals surface area contributed by atoms with Crippen LogP contribution in [-0.2, 0) is 11.7 Å². The largest absolute Gasteiger partial charge is 0.421 e. The summed E-state index contributed by atoms with van der Waals surface area (Å²) in [7, 11) is 4.90. The number of rotatable bonds is 6. The summed E-state index contributed by atoms with van der Waals surface area (Å²) in [5.41, 5.74) is -0.539. The summed E-state index contributed by atoms with van der Waals surface area (Å²) in [4.78, 5) is 11.7. The van der Waals surface area contributed by atoms with Crippen LogP contribution >= 0.6 is 0 Å². The molecule has 12 heteroatoms. The van der Waals surface area contributed by atoms with Crippen LogP contribution in [0.3, 0.4) is 0 Å². The van der Waals surface area contributed by atoms with Crippen molar-refractivity contribution in [2.24, 2.45) is 10.1 Å². The Morgan fingerprint density at radius 3 is 2.45 bits per heavy atom. The summed E-state index contributed by atoms with van der Waals surface area (Å²) in [6.07, 6.45) is -2.14. The van der Waals surface area contributed by atoms with Crippen molar-refractivity contribution in [3.8, 4) is 0 Å². The fraction of sp³-hybridized carbons (Fsp3) is 0.471. The van der Waals surface area contributed by atoms with Crippen LogP contribution in [0.2, 0.25) is 0 Å². The molecule has 0 radical (unpaired) electrons. The Bertz CT molecular complexity index is 913. The zero-order valence-electron chi connectivity index (χ0n) is 17.1. The van der Waals surface area contributed by atoms with Crippen molar-refractivity contribution in [2.75, 3.05) is 31.8 Å². The van der Waals surface area contributed by atoms with E-state index in [1.165, 1.54) is 7.05 Å². The first-order valence-electron chi connectivity index (χ1n) is 8.59. The van der Waals surface area contributed by atoms with Crippen molar-refractivity contribution < 1.29 is 13.2 Å². The quantitative estimate of drug-likeness (QED) is 0.431. The Hall–Kier alpha value is -3.18. The number of aromatic nitrogens is 4. The molecule has 0 aliphatic carbocycles. The first-order valence-corrected chi connectivity index (χ1v) is 8.59. The van der Waals surface area contributed by atoms with Gasteiger partial charge in [-0.15, -0.1) is 0 Å². The van der Waals surface area contributed by atoms with Gasteiger partial charge in [0.25, 0.3) is 0 Å². The molecule has 0 aliphatic rings. The predicted molar refractivity (Wildman–Crippen MR) is 107 cm³/mol. The van der Waals surface area contributed by atoms with Gasteiger partial charge in [-0.1, -0.05) is 0 Å². The summed E-state index contributed by atoms with van der Waals surface area (Å²) < 4.78 is 40.7. The van der Waals surface area contributed by atoms with Gasteiger partial charge in [0.05, 0.1) is 11.4 Å². The molecule has 0 saturated heterocycles. The van der Waals surface area contributed by atoms with Gasteiger partial charge in [0.1, 0.15) is 16.9 Å². The first kappa shape index (κ1) is 22.1. The van der Waals surface area contributed by atoms with Crippen LogP contribution in [0.25, 0.3) is 0 Å². The Kier molecular flexibility index (Phi) is 6.14. The lowest BCUT2D eigenvalue weighted by Gasteiger charge is -2.25. The number of alkyl halides is 3. The Labute approximate surface area is 166 Å². The van der Waals surface area contributed by atoms with E-state index in [0.717, 1.165) is 6.20 Å². The fourth-order valence-corrected chi connectivity index (χ4v) is 2.47. The second-order valence-corrected chi connectivity index (χ2v) is 6.89. The van der Waals surface area contributed by atoms with Gasteiger partial charge in [0, 0.05) is 33.5 Å². The van der Waals surface area contributed by atoms with Gasteiger partial charge in [-0.3, -0.25) is 4.68 Å². The zero-order valence-corrected chi connectivity index (χ0v) is 17.1. The van der Waals surface area contributed by atoms with Crippen LogP contribution in [0.1, 0.15) is 25.1 Å². The van der Waals surface area contributed by atoms with Crippen molar-refractivity contribution in [1.82, 2.24) is 24.8 Å². The number of anilines is 3. The van der Waals surface area contributed by atoms with Crippen molar-refractivity contribution >= 4 is 30.0 Å². The highest BCUT2D eigenvalue weighted by atomic mass is 19.4. The van der Waals surface area contributed by atoms with E-state index in [0.29, 0.717) is 17.2 Å². The highest BCUT2D eigenvalue weighted by molar-refractivity contribution is 5.92. The first-order chi connectivity index (χ1) is 13.4. The molecule has 9 nitrogen and oxygen atoms in total. The minimum atomic E-state index is -4.55. The number of hydrogen-bond donors (Lipinski definition) is 2. The van der Waals surface area contributed by atoms with Crippen LogP contribution < -0.4 is 10.6 Å². The molecule has 0 aromatic carbocycles. The SMILES string of the molecule is C=N/C(=N\N(C)C)C(C)(C)n1cc(Nc2ncc(C(F)(F)F)c(NC)n2)c(C)n1. The molecule has 158 valence electrons. The third-order valence-corrected chi connectivity index (χ3v) is 4.04. The van der Waals surface area contributed by atoms with Crippen molar-refractivity contribution in [3.05, 3.63) is 23.7 Å². The normalized spacial score (nSPS) is 12.7. The van der Waals surface area contributed by atoms with Crippen LogP contribution in [0.4, 0.5) is 30.6 Å². The molecule has 0 aliphatic heterocycles. The van der Waals surface area contributed by atoms with Gasteiger partial charge >= 0.3 is 6.18 Å². The van der Waals surface area contributed by atoms with E-state index < -0.39 is 17.3 Å². The maximum absolute atomic E-state index is 13.0. The molecule has 29 heavy (non-hydrogen) atoms. The molecule has 0 spiro atoms. The van der Waals surface area contributed by atoms with E-state index in [-0.39, 0.29) is 11.8 Å². The number of nitrogens with zero attached hydrogens (tertiary/aromatic N) is 7. The summed E-state index contributed by atoms with van der Waals surface area (Å²) in [5.74, 6) is 0.128. The second-order valence-electron chi connectivity index (χ2n) is 6.89. The van der Waals surface area contributed by atoms with E-state index in [9.17, 15) is 13.2 Å². The number of nitrogens with one attached hydrogen (secondary N) is 2. The Morgan fingerprint density at radius 2 is 1.93 bits per heavy atom. The van der Waals surface area contributed by atoms with Gasteiger partial charge in [0.2, 0.25) is 5.95 Å². The average Bonchev–Trinajstić information content (AvgIpc) is 2.99. The zero-order chi connectivity index (χ0) is 22.0. The summed E-state index contributed by atoms with van der Waals surface area (Å²) >= 11 is 0. The molecule has 0 unspecified atom stereocenters. The van der Waals surface area contributed by atoms with Gasteiger partial charge in [-0.2, -0.15) is 28.4 Å².